The first-order valence-electron chi connectivity index (χ1n) is 24.0. The molecule has 12 aromatic rings. The van der Waals surface area contributed by atoms with Gasteiger partial charge >= 0.3 is 0 Å². The van der Waals surface area contributed by atoms with Gasteiger partial charge < -0.3 is 9.88 Å². The van der Waals surface area contributed by atoms with Crippen LogP contribution in [0.5, 0.6) is 0 Å². The molecule has 0 aliphatic rings. The predicted octanol–water partition coefficient (Wildman–Crippen LogP) is 18.0. The number of nitrogens with zero attached hydrogens (tertiary/aromatic N) is 1. The Labute approximate surface area is 398 Å². The van der Waals surface area contributed by atoms with Crippen LogP contribution in [0, 0.1) is 6.92 Å². The Kier molecular flexibility index (Phi) is 10.4. The number of H-pyrrole nitrogens is 1. The van der Waals surface area contributed by atoms with E-state index in [4.69, 9.17) is 0 Å². The summed E-state index contributed by atoms with van der Waals surface area (Å²) in [6.07, 6.45) is 0. The first-order chi connectivity index (χ1) is 33.4. The highest BCUT2D eigenvalue weighted by molar-refractivity contribution is 6.08. The fraction of sp³-hybridized carbons (Fsp3) is 0.0909. The fourth-order valence-electron chi connectivity index (χ4n) is 11.0. The van der Waals surface area contributed by atoms with E-state index in [1.165, 1.54) is 93.1 Å². The average Bonchev–Trinajstić information content (AvgIpc) is 3.76. The Morgan fingerprint density at radius 3 is 1.21 bits per heavy atom. The number of hydrogen-bond donors (Lipinski definition) is 1. The van der Waals surface area contributed by atoms with Crippen molar-refractivity contribution in [3.63, 3.8) is 0 Å². The minimum Gasteiger partial charge on any atom is -0.355 e. The van der Waals surface area contributed by atoms with Crippen molar-refractivity contribution in [2.75, 3.05) is 4.90 Å². The van der Waals surface area contributed by atoms with Crippen molar-refractivity contribution >= 4 is 71.2 Å². The van der Waals surface area contributed by atoms with Crippen LogP contribution in [0.2, 0.25) is 0 Å². The van der Waals surface area contributed by atoms with Crippen LogP contribution in [0.15, 0.2) is 237 Å². The molecule has 0 saturated carbocycles. The number of benzene rings is 11. The molecule has 3 unspecified atom stereocenters. The zero-order chi connectivity index (χ0) is 45.7. The standard InChI is InChI=1S/C66H52N2/c1-43-25-39-64-62(41-43)63-42-52(32-40-65(63)67-64)66(61-24-12-18-50-15-6-9-21-60(50)61)51-30-37-55(38-31-51)68(53-33-26-46(27-34-53)44(2)56-22-10-16-48-13-4-7-19-58(48)56)54-35-28-47(29-36-54)45(3)57-23-11-17-49-14-5-8-20-59(49)57/h4-42,44-45,66-67H,1-3H3. The van der Waals surface area contributed by atoms with Crippen LogP contribution >= 0.6 is 0 Å². The molecule has 1 aromatic heterocycles. The predicted molar refractivity (Wildman–Crippen MR) is 289 cm³/mol. The summed E-state index contributed by atoms with van der Waals surface area (Å²) >= 11 is 0. The van der Waals surface area contributed by atoms with E-state index < -0.39 is 0 Å². The molecule has 0 bridgehead atoms. The molecule has 2 heteroatoms. The molecule has 0 fully saturated rings. The van der Waals surface area contributed by atoms with Gasteiger partial charge in [0.1, 0.15) is 0 Å². The summed E-state index contributed by atoms with van der Waals surface area (Å²) in [5, 5.41) is 10.2. The molecule has 0 radical (unpaired) electrons. The number of fused-ring (bicyclic) bond motifs is 6. The van der Waals surface area contributed by atoms with Gasteiger partial charge in [0.05, 0.1) is 0 Å². The molecule has 2 nitrogen and oxygen atoms in total. The quantitative estimate of drug-likeness (QED) is 0.136. The van der Waals surface area contributed by atoms with Crippen molar-refractivity contribution in [2.45, 2.75) is 38.5 Å². The lowest BCUT2D eigenvalue weighted by Gasteiger charge is -2.28. The van der Waals surface area contributed by atoms with E-state index in [9.17, 15) is 0 Å². The molecule has 1 heterocycles. The van der Waals surface area contributed by atoms with Crippen molar-refractivity contribution in [1.29, 1.82) is 0 Å². The van der Waals surface area contributed by atoms with E-state index in [1.807, 2.05) is 0 Å². The van der Waals surface area contributed by atoms with Gasteiger partial charge in [-0.15, -0.1) is 0 Å². The summed E-state index contributed by atoms with van der Waals surface area (Å²) < 4.78 is 0. The third kappa shape index (κ3) is 7.39. The summed E-state index contributed by atoms with van der Waals surface area (Å²) in [5.74, 6) is 0.472. The van der Waals surface area contributed by atoms with Crippen LogP contribution in [0.4, 0.5) is 17.1 Å². The molecule has 0 spiro atoms. The molecule has 0 aliphatic heterocycles. The van der Waals surface area contributed by atoms with Crippen molar-refractivity contribution in [2.24, 2.45) is 0 Å². The molecule has 3 atom stereocenters. The number of rotatable bonds is 10. The van der Waals surface area contributed by atoms with Crippen LogP contribution in [-0.4, -0.2) is 4.98 Å². The van der Waals surface area contributed by atoms with Crippen LogP contribution in [-0.2, 0) is 0 Å². The van der Waals surface area contributed by atoms with Gasteiger partial charge in [-0.3, -0.25) is 0 Å². The van der Waals surface area contributed by atoms with Crippen LogP contribution in [0.3, 0.4) is 0 Å². The smallest absolute Gasteiger partial charge is 0.0465 e. The summed E-state index contributed by atoms with van der Waals surface area (Å²) in [4.78, 5) is 6.09. The van der Waals surface area contributed by atoms with Crippen LogP contribution in [0.25, 0.3) is 54.1 Å². The molecule has 1 N–H and O–H groups in total. The van der Waals surface area contributed by atoms with E-state index in [0.717, 1.165) is 22.6 Å². The lowest BCUT2D eigenvalue weighted by molar-refractivity contribution is 0.931. The van der Waals surface area contributed by atoms with E-state index in [-0.39, 0.29) is 17.8 Å². The zero-order valence-electron chi connectivity index (χ0n) is 38.7. The van der Waals surface area contributed by atoms with Gasteiger partial charge in [0.25, 0.3) is 0 Å². The highest BCUT2D eigenvalue weighted by atomic mass is 15.1. The Morgan fingerprint density at radius 1 is 0.324 bits per heavy atom. The van der Waals surface area contributed by atoms with E-state index >= 15 is 0 Å². The van der Waals surface area contributed by atoms with Gasteiger partial charge in [0.15, 0.2) is 0 Å². The van der Waals surface area contributed by atoms with E-state index in [0.29, 0.717) is 0 Å². The molecule has 0 aliphatic carbocycles. The summed E-state index contributed by atoms with van der Waals surface area (Å²) in [7, 11) is 0. The van der Waals surface area contributed by atoms with Gasteiger partial charge in [-0.1, -0.05) is 195 Å². The van der Waals surface area contributed by atoms with E-state index in [1.54, 1.807) is 0 Å². The average molecular weight is 873 g/mol. The molecule has 0 saturated heterocycles. The fourth-order valence-corrected chi connectivity index (χ4v) is 11.0. The normalized spacial score (nSPS) is 13.0. The molecule has 68 heavy (non-hydrogen) atoms. The number of aromatic nitrogens is 1. The van der Waals surface area contributed by atoms with Crippen LogP contribution in [0.1, 0.15) is 76.1 Å². The second-order valence-electron chi connectivity index (χ2n) is 18.7. The first kappa shape index (κ1) is 41.2. The molecule has 0 amide bonds. The van der Waals surface area contributed by atoms with Crippen molar-refractivity contribution in [3.8, 4) is 0 Å². The zero-order valence-corrected chi connectivity index (χ0v) is 38.7. The Balaban J connectivity index is 0.958. The Morgan fingerprint density at radius 2 is 0.706 bits per heavy atom. The third-order valence-corrected chi connectivity index (χ3v) is 14.6. The maximum atomic E-state index is 3.68. The van der Waals surface area contributed by atoms with Gasteiger partial charge in [-0.25, -0.2) is 0 Å². The highest BCUT2D eigenvalue weighted by Crippen LogP contribution is 2.42. The second kappa shape index (κ2) is 17.2. The Hall–Kier alpha value is -8.20. The lowest BCUT2D eigenvalue weighted by Crippen LogP contribution is -2.11. The van der Waals surface area contributed by atoms with Gasteiger partial charge in [0.2, 0.25) is 0 Å². The van der Waals surface area contributed by atoms with Crippen molar-refractivity contribution in [1.82, 2.24) is 4.98 Å². The molecule has 11 aromatic carbocycles. The monoisotopic (exact) mass is 872 g/mol. The number of hydrogen-bond acceptors (Lipinski definition) is 1. The number of aryl methyl sites for hydroxylation is 1. The third-order valence-electron chi connectivity index (χ3n) is 14.6. The molecule has 326 valence electrons. The Bertz CT molecular complexity index is 3640. The lowest BCUT2D eigenvalue weighted by atomic mass is 9.82. The topological polar surface area (TPSA) is 19.0 Å². The second-order valence-corrected chi connectivity index (χ2v) is 18.7. The summed E-state index contributed by atoms with van der Waals surface area (Å²) in [6.45, 7) is 6.83. The summed E-state index contributed by atoms with van der Waals surface area (Å²) in [6, 6.07) is 87.9. The SMILES string of the molecule is Cc1ccc2[nH]c3ccc(C(c4ccc(N(c5ccc(C(C)c6cccc7ccccc67)cc5)c5ccc(C(C)c6cccc7ccccc67)cc5)cc4)c4cccc5ccccc45)cc3c2c1. The number of anilines is 3. The molecular weight excluding hydrogens is 821 g/mol. The van der Waals surface area contributed by atoms with Gasteiger partial charge in [-0.05, 0) is 139 Å². The number of aromatic amines is 1. The minimum absolute atomic E-state index is 0.00689. The number of nitrogens with one attached hydrogen (secondary N) is 1. The molecular formula is C66H52N2. The van der Waals surface area contributed by atoms with Crippen molar-refractivity contribution < 1.29 is 0 Å². The van der Waals surface area contributed by atoms with Gasteiger partial charge in [0, 0.05) is 56.6 Å². The minimum atomic E-state index is 0.00689. The largest absolute Gasteiger partial charge is 0.355 e. The highest BCUT2D eigenvalue weighted by Gasteiger charge is 2.23. The van der Waals surface area contributed by atoms with Gasteiger partial charge in [-0.2, -0.15) is 0 Å². The molecule has 12 rings (SSSR count). The summed E-state index contributed by atoms with van der Waals surface area (Å²) in [5.41, 5.74) is 16.0. The first-order valence-corrected chi connectivity index (χ1v) is 24.0. The van der Waals surface area contributed by atoms with Crippen LogP contribution < -0.4 is 4.90 Å². The maximum absolute atomic E-state index is 3.68. The van der Waals surface area contributed by atoms with Crippen molar-refractivity contribution in [3.05, 3.63) is 281 Å². The maximum Gasteiger partial charge on any atom is 0.0465 e. The van der Waals surface area contributed by atoms with E-state index in [2.05, 4.69) is 267 Å².